The van der Waals surface area contributed by atoms with E-state index in [0.29, 0.717) is 18.0 Å². The molecule has 0 spiro atoms. The standard InChI is InChI=1S/C17H28N2O/c1-5-18-17-11-12-19(14(4)13(17)3)15-7-9-16(10-8-15)20-6-2/h7-10,13-14,17-18H,5-6,11-12H2,1-4H3. The fourth-order valence-electron chi connectivity index (χ4n) is 3.18. The van der Waals surface area contributed by atoms with Crippen molar-refractivity contribution in [2.45, 2.75) is 46.2 Å². The quantitative estimate of drug-likeness (QED) is 0.893. The highest BCUT2D eigenvalue weighted by Gasteiger charge is 2.31. The van der Waals surface area contributed by atoms with Crippen molar-refractivity contribution < 1.29 is 4.74 Å². The lowest BCUT2D eigenvalue weighted by atomic mass is 9.86. The van der Waals surface area contributed by atoms with Crippen LogP contribution in [0.1, 0.15) is 34.1 Å². The molecule has 3 nitrogen and oxygen atoms in total. The van der Waals surface area contributed by atoms with E-state index in [0.717, 1.165) is 25.4 Å². The molecule has 1 saturated heterocycles. The zero-order chi connectivity index (χ0) is 14.5. The van der Waals surface area contributed by atoms with Gasteiger partial charge in [-0.15, -0.1) is 0 Å². The van der Waals surface area contributed by atoms with Crippen molar-refractivity contribution in [2.24, 2.45) is 5.92 Å². The summed E-state index contributed by atoms with van der Waals surface area (Å²) in [7, 11) is 0. The molecule has 1 fully saturated rings. The first-order valence-electron chi connectivity index (χ1n) is 7.90. The maximum Gasteiger partial charge on any atom is 0.119 e. The predicted molar refractivity (Wildman–Crippen MR) is 85.7 cm³/mol. The second-order valence-corrected chi connectivity index (χ2v) is 5.67. The molecule has 1 aromatic carbocycles. The second kappa shape index (κ2) is 6.98. The van der Waals surface area contributed by atoms with Crippen molar-refractivity contribution in [2.75, 3.05) is 24.6 Å². The lowest BCUT2D eigenvalue weighted by Gasteiger charge is -2.44. The summed E-state index contributed by atoms with van der Waals surface area (Å²) in [6.45, 7) is 11.8. The maximum atomic E-state index is 5.52. The molecule has 1 N–H and O–H groups in total. The van der Waals surface area contributed by atoms with Crippen molar-refractivity contribution in [3.05, 3.63) is 24.3 Å². The van der Waals surface area contributed by atoms with Gasteiger partial charge >= 0.3 is 0 Å². The Labute approximate surface area is 123 Å². The average molecular weight is 276 g/mol. The first-order chi connectivity index (χ1) is 9.67. The van der Waals surface area contributed by atoms with Crippen molar-refractivity contribution in [3.63, 3.8) is 0 Å². The average Bonchev–Trinajstić information content (AvgIpc) is 2.46. The lowest BCUT2D eigenvalue weighted by molar-refractivity contribution is 0.274. The minimum absolute atomic E-state index is 0.561. The predicted octanol–water partition coefficient (Wildman–Crippen LogP) is 3.30. The largest absolute Gasteiger partial charge is 0.494 e. The summed E-state index contributed by atoms with van der Waals surface area (Å²) in [5.74, 6) is 1.62. The van der Waals surface area contributed by atoms with Gasteiger partial charge in [0.05, 0.1) is 6.61 Å². The van der Waals surface area contributed by atoms with E-state index in [-0.39, 0.29) is 0 Å². The Hall–Kier alpha value is -1.22. The molecule has 0 radical (unpaired) electrons. The fourth-order valence-corrected chi connectivity index (χ4v) is 3.18. The summed E-state index contributed by atoms with van der Waals surface area (Å²) in [6.07, 6.45) is 1.21. The molecule has 0 aliphatic carbocycles. The van der Waals surface area contributed by atoms with Crippen LogP contribution in [0.25, 0.3) is 0 Å². The molecule has 3 unspecified atom stereocenters. The van der Waals surface area contributed by atoms with Gasteiger partial charge in [-0.05, 0) is 57.0 Å². The number of ether oxygens (including phenoxy) is 1. The molecule has 112 valence electrons. The van der Waals surface area contributed by atoms with Gasteiger partial charge in [0.15, 0.2) is 0 Å². The highest BCUT2D eigenvalue weighted by atomic mass is 16.5. The van der Waals surface area contributed by atoms with Crippen LogP contribution < -0.4 is 15.0 Å². The van der Waals surface area contributed by atoms with E-state index < -0.39 is 0 Å². The minimum Gasteiger partial charge on any atom is -0.494 e. The molecule has 20 heavy (non-hydrogen) atoms. The Balaban J connectivity index is 2.05. The summed E-state index contributed by atoms with van der Waals surface area (Å²) in [6, 6.07) is 9.72. The van der Waals surface area contributed by atoms with Crippen molar-refractivity contribution in [1.82, 2.24) is 5.32 Å². The van der Waals surface area contributed by atoms with Crippen LogP contribution >= 0.6 is 0 Å². The highest BCUT2D eigenvalue weighted by Crippen LogP contribution is 2.29. The molecule has 3 heteroatoms. The van der Waals surface area contributed by atoms with Gasteiger partial charge in [0.1, 0.15) is 5.75 Å². The van der Waals surface area contributed by atoms with Crippen LogP contribution in [0.4, 0.5) is 5.69 Å². The molecule has 1 heterocycles. The summed E-state index contributed by atoms with van der Waals surface area (Å²) >= 11 is 0. The summed E-state index contributed by atoms with van der Waals surface area (Å²) < 4.78 is 5.52. The third-order valence-corrected chi connectivity index (χ3v) is 4.51. The van der Waals surface area contributed by atoms with Gasteiger partial charge < -0.3 is 15.0 Å². The molecule has 1 aromatic rings. The van der Waals surface area contributed by atoms with Crippen molar-refractivity contribution in [3.8, 4) is 5.75 Å². The van der Waals surface area contributed by atoms with Gasteiger partial charge in [0, 0.05) is 24.3 Å². The zero-order valence-electron chi connectivity index (χ0n) is 13.2. The van der Waals surface area contributed by atoms with Crippen LogP contribution in [0, 0.1) is 5.92 Å². The number of nitrogens with zero attached hydrogens (tertiary/aromatic N) is 1. The number of piperidine rings is 1. The number of nitrogens with one attached hydrogen (secondary N) is 1. The number of hydrogen-bond acceptors (Lipinski definition) is 3. The molecular weight excluding hydrogens is 248 g/mol. The Morgan fingerprint density at radius 1 is 1.20 bits per heavy atom. The molecule has 1 aliphatic heterocycles. The number of rotatable bonds is 5. The van der Waals surface area contributed by atoms with Crippen molar-refractivity contribution in [1.29, 1.82) is 0 Å². The minimum atomic E-state index is 0.561. The first kappa shape index (κ1) is 15.2. The summed E-state index contributed by atoms with van der Waals surface area (Å²) in [5.41, 5.74) is 1.31. The molecule has 1 aliphatic rings. The third-order valence-electron chi connectivity index (χ3n) is 4.51. The van der Waals surface area contributed by atoms with Crippen LogP contribution in [0.2, 0.25) is 0 Å². The SMILES string of the molecule is CCNC1CCN(c2ccc(OCC)cc2)C(C)C1C. The van der Waals surface area contributed by atoms with Gasteiger partial charge in [-0.3, -0.25) is 0 Å². The zero-order valence-corrected chi connectivity index (χ0v) is 13.2. The maximum absolute atomic E-state index is 5.52. The number of anilines is 1. The smallest absolute Gasteiger partial charge is 0.119 e. The molecule has 0 saturated carbocycles. The van der Waals surface area contributed by atoms with Gasteiger partial charge in [0.25, 0.3) is 0 Å². The Morgan fingerprint density at radius 3 is 2.50 bits per heavy atom. The van der Waals surface area contributed by atoms with E-state index in [2.05, 4.69) is 55.3 Å². The topological polar surface area (TPSA) is 24.5 Å². The third kappa shape index (κ3) is 3.26. The Morgan fingerprint density at radius 2 is 1.90 bits per heavy atom. The van der Waals surface area contributed by atoms with E-state index in [1.807, 2.05) is 6.92 Å². The second-order valence-electron chi connectivity index (χ2n) is 5.67. The van der Waals surface area contributed by atoms with E-state index >= 15 is 0 Å². The number of benzene rings is 1. The first-order valence-corrected chi connectivity index (χ1v) is 7.90. The van der Waals surface area contributed by atoms with E-state index in [1.54, 1.807) is 0 Å². The molecule has 0 amide bonds. The summed E-state index contributed by atoms with van der Waals surface area (Å²) in [4.78, 5) is 2.52. The monoisotopic (exact) mass is 276 g/mol. The fraction of sp³-hybridized carbons (Fsp3) is 0.647. The Kier molecular flexibility index (Phi) is 5.30. The van der Waals surface area contributed by atoms with Gasteiger partial charge in [-0.25, -0.2) is 0 Å². The van der Waals surface area contributed by atoms with E-state index in [1.165, 1.54) is 12.1 Å². The molecule has 3 atom stereocenters. The molecular formula is C17H28N2O. The molecule has 0 aromatic heterocycles. The number of hydrogen-bond donors (Lipinski definition) is 1. The van der Waals surface area contributed by atoms with Crippen LogP contribution in [-0.2, 0) is 0 Å². The van der Waals surface area contributed by atoms with Gasteiger partial charge in [0.2, 0.25) is 0 Å². The van der Waals surface area contributed by atoms with E-state index in [9.17, 15) is 0 Å². The van der Waals surface area contributed by atoms with Crippen LogP contribution in [0.15, 0.2) is 24.3 Å². The highest BCUT2D eigenvalue weighted by molar-refractivity contribution is 5.50. The van der Waals surface area contributed by atoms with Crippen LogP contribution in [0.5, 0.6) is 5.75 Å². The van der Waals surface area contributed by atoms with Crippen LogP contribution in [0.3, 0.4) is 0 Å². The Bertz CT molecular complexity index is 404. The van der Waals surface area contributed by atoms with Crippen LogP contribution in [-0.4, -0.2) is 31.8 Å². The lowest BCUT2D eigenvalue weighted by Crippen LogP contribution is -2.53. The summed E-state index contributed by atoms with van der Waals surface area (Å²) in [5, 5.41) is 3.62. The van der Waals surface area contributed by atoms with Gasteiger partial charge in [-0.1, -0.05) is 13.8 Å². The van der Waals surface area contributed by atoms with E-state index in [4.69, 9.17) is 4.74 Å². The van der Waals surface area contributed by atoms with Gasteiger partial charge in [-0.2, -0.15) is 0 Å². The molecule has 0 bridgehead atoms. The molecule has 2 rings (SSSR count). The van der Waals surface area contributed by atoms with Crippen molar-refractivity contribution >= 4 is 5.69 Å². The normalized spacial score (nSPS) is 26.6.